The standard InChI is InChI=1S/C14H21N3O3/c1-4-14(15,5-2)9-16-13(18)11-7-6-10(3)12(8-11)17(19)20/h6-8H,4-5,9,15H2,1-3H3,(H,16,18). The van der Waals surface area contributed by atoms with Crippen LogP contribution in [-0.2, 0) is 0 Å². The number of benzene rings is 1. The average molecular weight is 279 g/mol. The van der Waals surface area contributed by atoms with E-state index >= 15 is 0 Å². The molecule has 0 radical (unpaired) electrons. The number of nitrogens with two attached hydrogens (primary N) is 1. The minimum absolute atomic E-state index is 0.0531. The smallest absolute Gasteiger partial charge is 0.273 e. The fourth-order valence-electron chi connectivity index (χ4n) is 1.81. The summed E-state index contributed by atoms with van der Waals surface area (Å²) in [5.41, 5.74) is 6.42. The molecule has 0 unspecified atom stereocenters. The van der Waals surface area contributed by atoms with Crippen molar-refractivity contribution in [2.45, 2.75) is 39.2 Å². The Labute approximate surface area is 118 Å². The molecule has 1 rings (SSSR count). The third-order valence-corrected chi connectivity index (χ3v) is 3.68. The van der Waals surface area contributed by atoms with E-state index < -0.39 is 10.5 Å². The lowest BCUT2D eigenvalue weighted by atomic mass is 9.94. The van der Waals surface area contributed by atoms with Crippen LogP contribution in [0.1, 0.15) is 42.6 Å². The number of nitro groups is 1. The van der Waals surface area contributed by atoms with Gasteiger partial charge in [-0.05, 0) is 25.8 Å². The number of hydrogen-bond donors (Lipinski definition) is 2. The maximum absolute atomic E-state index is 12.0. The lowest BCUT2D eigenvalue weighted by Crippen LogP contribution is -2.49. The Morgan fingerprint density at radius 2 is 2.00 bits per heavy atom. The van der Waals surface area contributed by atoms with Gasteiger partial charge in [-0.25, -0.2) is 0 Å². The van der Waals surface area contributed by atoms with Gasteiger partial charge in [0.1, 0.15) is 0 Å². The maximum atomic E-state index is 12.0. The summed E-state index contributed by atoms with van der Waals surface area (Å²) in [6, 6.07) is 4.44. The first-order valence-electron chi connectivity index (χ1n) is 6.65. The van der Waals surface area contributed by atoms with E-state index in [1.54, 1.807) is 19.1 Å². The molecule has 6 heteroatoms. The van der Waals surface area contributed by atoms with E-state index in [-0.39, 0.29) is 17.2 Å². The molecule has 110 valence electrons. The van der Waals surface area contributed by atoms with Crippen molar-refractivity contribution in [1.29, 1.82) is 0 Å². The molecule has 0 bridgehead atoms. The molecule has 0 spiro atoms. The fraction of sp³-hybridized carbons (Fsp3) is 0.500. The summed E-state index contributed by atoms with van der Waals surface area (Å²) in [6.07, 6.45) is 1.50. The second-order valence-corrected chi connectivity index (χ2v) is 5.01. The van der Waals surface area contributed by atoms with Crippen molar-refractivity contribution in [1.82, 2.24) is 5.32 Å². The number of aryl methyl sites for hydroxylation is 1. The Morgan fingerprint density at radius 1 is 1.40 bits per heavy atom. The van der Waals surface area contributed by atoms with E-state index in [9.17, 15) is 14.9 Å². The van der Waals surface area contributed by atoms with Gasteiger partial charge in [0.2, 0.25) is 0 Å². The number of nitro benzene ring substituents is 1. The SMILES string of the molecule is CCC(N)(CC)CNC(=O)c1ccc(C)c([N+](=O)[O-])c1. The predicted octanol–water partition coefficient (Wildman–Crippen LogP) is 2.15. The summed E-state index contributed by atoms with van der Waals surface area (Å²) in [5, 5.41) is 13.6. The van der Waals surface area contributed by atoms with Gasteiger partial charge in [-0.1, -0.05) is 19.9 Å². The summed E-state index contributed by atoms with van der Waals surface area (Å²) in [6.45, 7) is 5.91. The van der Waals surface area contributed by atoms with Gasteiger partial charge in [-0.15, -0.1) is 0 Å². The number of carbonyl (C=O) groups excluding carboxylic acids is 1. The Morgan fingerprint density at radius 3 is 2.50 bits per heavy atom. The van der Waals surface area contributed by atoms with Crippen LogP contribution >= 0.6 is 0 Å². The molecule has 1 aromatic carbocycles. The predicted molar refractivity (Wildman–Crippen MR) is 77.7 cm³/mol. The van der Waals surface area contributed by atoms with E-state index in [4.69, 9.17) is 5.73 Å². The van der Waals surface area contributed by atoms with Crippen LogP contribution in [0.5, 0.6) is 0 Å². The second kappa shape index (κ2) is 6.47. The van der Waals surface area contributed by atoms with Gasteiger partial charge < -0.3 is 11.1 Å². The Bertz CT molecular complexity index is 510. The minimum atomic E-state index is -0.489. The average Bonchev–Trinajstić information content (AvgIpc) is 2.44. The van der Waals surface area contributed by atoms with Gasteiger partial charge in [-0.3, -0.25) is 14.9 Å². The highest BCUT2D eigenvalue weighted by molar-refractivity contribution is 5.95. The fourth-order valence-corrected chi connectivity index (χ4v) is 1.81. The van der Waals surface area contributed by atoms with Crippen LogP contribution in [-0.4, -0.2) is 22.9 Å². The van der Waals surface area contributed by atoms with E-state index in [0.717, 1.165) is 12.8 Å². The van der Waals surface area contributed by atoms with Crippen LogP contribution in [0.25, 0.3) is 0 Å². The molecule has 0 saturated carbocycles. The molecule has 0 fully saturated rings. The van der Waals surface area contributed by atoms with Gasteiger partial charge >= 0.3 is 0 Å². The van der Waals surface area contributed by atoms with Gasteiger partial charge in [0.15, 0.2) is 0 Å². The first-order chi connectivity index (χ1) is 9.33. The third kappa shape index (κ3) is 3.77. The summed E-state index contributed by atoms with van der Waals surface area (Å²) >= 11 is 0. The molecule has 6 nitrogen and oxygen atoms in total. The van der Waals surface area contributed by atoms with Crippen LogP contribution in [0.15, 0.2) is 18.2 Å². The van der Waals surface area contributed by atoms with Gasteiger partial charge in [0.25, 0.3) is 11.6 Å². The van der Waals surface area contributed by atoms with E-state index in [1.807, 2.05) is 13.8 Å². The number of amides is 1. The summed E-state index contributed by atoms with van der Waals surface area (Å²) in [5.74, 6) is -0.343. The van der Waals surface area contributed by atoms with Crippen LogP contribution in [0.3, 0.4) is 0 Å². The highest BCUT2D eigenvalue weighted by atomic mass is 16.6. The minimum Gasteiger partial charge on any atom is -0.350 e. The van der Waals surface area contributed by atoms with Crippen molar-refractivity contribution in [2.75, 3.05) is 6.54 Å². The second-order valence-electron chi connectivity index (χ2n) is 5.01. The summed E-state index contributed by atoms with van der Waals surface area (Å²) in [4.78, 5) is 22.4. The van der Waals surface area contributed by atoms with Crippen molar-refractivity contribution in [3.8, 4) is 0 Å². The van der Waals surface area contributed by atoms with Crippen LogP contribution in [0, 0.1) is 17.0 Å². The van der Waals surface area contributed by atoms with Crippen LogP contribution in [0.4, 0.5) is 5.69 Å². The van der Waals surface area contributed by atoms with Gasteiger partial charge in [0.05, 0.1) is 4.92 Å². The number of rotatable bonds is 6. The molecule has 1 amide bonds. The van der Waals surface area contributed by atoms with Crippen molar-refractivity contribution in [3.63, 3.8) is 0 Å². The molecule has 1 aromatic rings. The molecule has 0 atom stereocenters. The quantitative estimate of drug-likeness (QED) is 0.615. The van der Waals surface area contributed by atoms with Gasteiger partial charge in [-0.2, -0.15) is 0 Å². The Hall–Kier alpha value is -1.95. The summed E-state index contributed by atoms with van der Waals surface area (Å²) < 4.78 is 0. The monoisotopic (exact) mass is 279 g/mol. The molecular formula is C14H21N3O3. The largest absolute Gasteiger partial charge is 0.350 e. The number of hydrogen-bond acceptors (Lipinski definition) is 4. The van der Waals surface area contributed by atoms with Crippen molar-refractivity contribution in [3.05, 3.63) is 39.4 Å². The highest BCUT2D eigenvalue weighted by Gasteiger charge is 2.22. The normalized spacial score (nSPS) is 11.2. The van der Waals surface area contributed by atoms with Crippen LogP contribution < -0.4 is 11.1 Å². The zero-order valence-corrected chi connectivity index (χ0v) is 12.1. The molecule has 0 aliphatic carbocycles. The first kappa shape index (κ1) is 16.1. The zero-order chi connectivity index (χ0) is 15.3. The Kier molecular flexibility index (Phi) is 5.21. The Balaban J connectivity index is 2.83. The van der Waals surface area contributed by atoms with Gasteiger partial charge in [0, 0.05) is 29.3 Å². The van der Waals surface area contributed by atoms with Crippen molar-refractivity contribution >= 4 is 11.6 Å². The molecular weight excluding hydrogens is 258 g/mol. The maximum Gasteiger partial charge on any atom is 0.273 e. The van der Waals surface area contributed by atoms with E-state index in [1.165, 1.54) is 6.07 Å². The molecule has 0 heterocycles. The lowest BCUT2D eigenvalue weighted by molar-refractivity contribution is -0.385. The number of nitrogens with one attached hydrogen (secondary N) is 1. The third-order valence-electron chi connectivity index (χ3n) is 3.68. The van der Waals surface area contributed by atoms with Crippen molar-refractivity contribution in [2.24, 2.45) is 5.73 Å². The molecule has 0 aliphatic heterocycles. The first-order valence-corrected chi connectivity index (χ1v) is 6.65. The van der Waals surface area contributed by atoms with Crippen LogP contribution in [0.2, 0.25) is 0 Å². The highest BCUT2D eigenvalue weighted by Crippen LogP contribution is 2.19. The molecule has 0 aromatic heterocycles. The summed E-state index contributed by atoms with van der Waals surface area (Å²) in [7, 11) is 0. The number of carbonyl (C=O) groups is 1. The lowest BCUT2D eigenvalue weighted by Gasteiger charge is -2.26. The number of nitrogens with zero attached hydrogens (tertiary/aromatic N) is 1. The molecule has 20 heavy (non-hydrogen) atoms. The van der Waals surface area contributed by atoms with E-state index in [2.05, 4.69) is 5.32 Å². The van der Waals surface area contributed by atoms with E-state index in [0.29, 0.717) is 12.1 Å². The zero-order valence-electron chi connectivity index (χ0n) is 12.1. The van der Waals surface area contributed by atoms with Crippen molar-refractivity contribution < 1.29 is 9.72 Å². The topological polar surface area (TPSA) is 98.3 Å². The molecule has 0 aliphatic rings. The molecule has 0 saturated heterocycles. The molecule has 3 N–H and O–H groups in total.